The van der Waals surface area contributed by atoms with E-state index in [2.05, 4.69) is 19.9 Å². The van der Waals surface area contributed by atoms with E-state index in [0.29, 0.717) is 5.92 Å². The first-order chi connectivity index (χ1) is 6.88. The zero-order valence-electron chi connectivity index (χ0n) is 10.1. The van der Waals surface area contributed by atoms with Crippen LogP contribution in [-0.2, 0) is 4.79 Å². The lowest BCUT2D eigenvalue weighted by molar-refractivity contribution is -0.141. The fourth-order valence-electron chi connectivity index (χ4n) is 2.12. The molecule has 3 heteroatoms. The lowest BCUT2D eigenvalue weighted by Gasteiger charge is -2.39. The first-order valence-corrected chi connectivity index (χ1v) is 5.61. The van der Waals surface area contributed by atoms with Crippen LogP contribution >= 0.6 is 0 Å². The van der Waals surface area contributed by atoms with Crippen LogP contribution in [0.4, 0.5) is 0 Å². The maximum Gasteiger partial charge on any atom is 0.242 e. The van der Waals surface area contributed by atoms with Crippen LogP contribution < -0.4 is 0 Å². The minimum absolute atomic E-state index is 0.0237. The van der Waals surface area contributed by atoms with Gasteiger partial charge in [-0.15, -0.1) is 0 Å². The summed E-state index contributed by atoms with van der Waals surface area (Å²) in [6, 6.07) is 2.35. The Hall–Kier alpha value is -1.04. The molecular formula is C12H20N2O. The van der Waals surface area contributed by atoms with Gasteiger partial charge in [-0.3, -0.25) is 4.79 Å². The summed E-state index contributed by atoms with van der Waals surface area (Å²) in [4.78, 5) is 13.9. The maximum absolute atomic E-state index is 12.1. The molecule has 1 heterocycles. The summed E-state index contributed by atoms with van der Waals surface area (Å²) in [7, 11) is 0. The highest BCUT2D eigenvalue weighted by Gasteiger charge is 2.36. The number of rotatable bonds is 1. The van der Waals surface area contributed by atoms with Gasteiger partial charge in [0.25, 0.3) is 0 Å². The summed E-state index contributed by atoms with van der Waals surface area (Å²) in [6.07, 6.45) is 2.10. The van der Waals surface area contributed by atoms with Crippen LogP contribution in [0.5, 0.6) is 0 Å². The summed E-state index contributed by atoms with van der Waals surface area (Å²) < 4.78 is 0. The van der Waals surface area contributed by atoms with Crippen molar-refractivity contribution in [3.63, 3.8) is 0 Å². The SMILES string of the molecule is CC1CCN(C(=O)C(C)(C)C#N)C(C)C1. The molecule has 0 aromatic heterocycles. The molecule has 2 unspecified atom stereocenters. The second kappa shape index (κ2) is 4.22. The van der Waals surface area contributed by atoms with Crippen molar-refractivity contribution < 1.29 is 4.79 Å². The second-order valence-electron chi connectivity index (χ2n) is 5.21. The quantitative estimate of drug-likeness (QED) is 0.663. The summed E-state index contributed by atoms with van der Waals surface area (Å²) in [5.41, 5.74) is -0.880. The minimum atomic E-state index is -0.880. The lowest BCUT2D eigenvalue weighted by Crippen LogP contribution is -2.49. The molecule has 1 aliphatic heterocycles. The van der Waals surface area contributed by atoms with E-state index >= 15 is 0 Å². The summed E-state index contributed by atoms with van der Waals surface area (Å²) >= 11 is 0. The predicted molar refractivity (Wildman–Crippen MR) is 59.0 cm³/mol. The average Bonchev–Trinajstić information content (AvgIpc) is 2.17. The molecular weight excluding hydrogens is 188 g/mol. The molecule has 2 atom stereocenters. The number of carbonyl (C=O) groups is 1. The molecule has 0 aromatic rings. The van der Waals surface area contributed by atoms with E-state index in [-0.39, 0.29) is 11.9 Å². The molecule has 0 radical (unpaired) electrons. The van der Waals surface area contributed by atoms with Gasteiger partial charge in [-0.05, 0) is 39.5 Å². The van der Waals surface area contributed by atoms with E-state index in [1.165, 1.54) is 0 Å². The highest BCUT2D eigenvalue weighted by Crippen LogP contribution is 2.27. The van der Waals surface area contributed by atoms with Crippen molar-refractivity contribution >= 4 is 5.91 Å². The monoisotopic (exact) mass is 208 g/mol. The van der Waals surface area contributed by atoms with Gasteiger partial charge in [0.1, 0.15) is 5.41 Å². The maximum atomic E-state index is 12.1. The minimum Gasteiger partial charge on any atom is -0.339 e. The molecule has 84 valence electrons. The van der Waals surface area contributed by atoms with Crippen LogP contribution in [-0.4, -0.2) is 23.4 Å². The third-order valence-electron chi connectivity index (χ3n) is 3.21. The van der Waals surface area contributed by atoms with Crippen molar-refractivity contribution in [2.75, 3.05) is 6.54 Å². The lowest BCUT2D eigenvalue weighted by atomic mass is 9.88. The number of hydrogen-bond donors (Lipinski definition) is 0. The number of likely N-dealkylation sites (tertiary alicyclic amines) is 1. The normalized spacial score (nSPS) is 27.3. The Kier molecular flexibility index (Phi) is 3.38. The Labute approximate surface area is 92.1 Å². The Bertz CT molecular complexity index is 290. The third-order valence-corrected chi connectivity index (χ3v) is 3.21. The summed E-state index contributed by atoms with van der Waals surface area (Å²) in [6.45, 7) is 8.47. The van der Waals surface area contributed by atoms with Gasteiger partial charge in [-0.1, -0.05) is 6.92 Å². The van der Waals surface area contributed by atoms with Gasteiger partial charge >= 0.3 is 0 Å². The van der Waals surface area contributed by atoms with E-state index in [0.717, 1.165) is 19.4 Å². The molecule has 0 aliphatic carbocycles. The molecule has 3 nitrogen and oxygen atoms in total. The fraction of sp³-hybridized carbons (Fsp3) is 0.833. The van der Waals surface area contributed by atoms with Gasteiger partial charge in [0.05, 0.1) is 6.07 Å². The largest absolute Gasteiger partial charge is 0.339 e. The van der Waals surface area contributed by atoms with Crippen LogP contribution in [0.1, 0.15) is 40.5 Å². The molecule has 0 N–H and O–H groups in total. The molecule has 0 bridgehead atoms. The van der Waals surface area contributed by atoms with Gasteiger partial charge < -0.3 is 4.90 Å². The van der Waals surface area contributed by atoms with Gasteiger partial charge in [0, 0.05) is 12.6 Å². The van der Waals surface area contributed by atoms with E-state index in [4.69, 9.17) is 5.26 Å². The Morgan fingerprint density at radius 3 is 2.53 bits per heavy atom. The van der Waals surface area contributed by atoms with Crippen LogP contribution in [0.15, 0.2) is 0 Å². The van der Waals surface area contributed by atoms with Crippen molar-refractivity contribution in [1.82, 2.24) is 4.90 Å². The summed E-state index contributed by atoms with van der Waals surface area (Å²) in [5, 5.41) is 8.94. The third kappa shape index (κ3) is 2.50. The van der Waals surface area contributed by atoms with E-state index < -0.39 is 5.41 Å². The number of nitrogens with zero attached hydrogens (tertiary/aromatic N) is 2. The van der Waals surface area contributed by atoms with E-state index in [1.54, 1.807) is 13.8 Å². The van der Waals surface area contributed by atoms with Gasteiger partial charge in [-0.25, -0.2) is 0 Å². The zero-order chi connectivity index (χ0) is 11.6. The first kappa shape index (κ1) is 12.0. The fourth-order valence-corrected chi connectivity index (χ4v) is 2.12. The molecule has 1 saturated heterocycles. The molecule has 0 spiro atoms. The molecule has 1 amide bonds. The molecule has 0 saturated carbocycles. The smallest absolute Gasteiger partial charge is 0.242 e. The predicted octanol–water partition coefficient (Wildman–Crippen LogP) is 2.18. The van der Waals surface area contributed by atoms with Gasteiger partial charge in [0.2, 0.25) is 5.91 Å². The highest BCUT2D eigenvalue weighted by molar-refractivity contribution is 5.84. The number of nitriles is 1. The molecule has 1 fully saturated rings. The number of carbonyl (C=O) groups excluding carboxylic acids is 1. The van der Waals surface area contributed by atoms with Crippen molar-refractivity contribution in [2.45, 2.75) is 46.6 Å². The highest BCUT2D eigenvalue weighted by atomic mass is 16.2. The van der Waals surface area contributed by atoms with Crippen LogP contribution in [0.25, 0.3) is 0 Å². The van der Waals surface area contributed by atoms with Crippen molar-refractivity contribution in [3.05, 3.63) is 0 Å². The standard InChI is InChI=1S/C12H20N2O/c1-9-5-6-14(10(2)7-9)11(15)12(3,4)8-13/h9-10H,5-7H2,1-4H3. The Balaban J connectivity index is 2.73. The van der Waals surface area contributed by atoms with Crippen LogP contribution in [0, 0.1) is 22.7 Å². The van der Waals surface area contributed by atoms with Crippen molar-refractivity contribution in [2.24, 2.45) is 11.3 Å². The molecule has 1 rings (SSSR count). The first-order valence-electron chi connectivity index (χ1n) is 5.61. The molecule has 0 aromatic carbocycles. The Morgan fingerprint density at radius 1 is 1.47 bits per heavy atom. The van der Waals surface area contributed by atoms with Crippen molar-refractivity contribution in [1.29, 1.82) is 5.26 Å². The van der Waals surface area contributed by atoms with Gasteiger partial charge in [-0.2, -0.15) is 5.26 Å². The van der Waals surface area contributed by atoms with Crippen molar-refractivity contribution in [3.8, 4) is 6.07 Å². The van der Waals surface area contributed by atoms with Crippen LogP contribution in [0.3, 0.4) is 0 Å². The molecule has 1 aliphatic rings. The van der Waals surface area contributed by atoms with Gasteiger partial charge in [0.15, 0.2) is 0 Å². The number of amides is 1. The Morgan fingerprint density at radius 2 is 2.07 bits per heavy atom. The zero-order valence-corrected chi connectivity index (χ0v) is 10.1. The molecule has 15 heavy (non-hydrogen) atoms. The number of piperidine rings is 1. The van der Waals surface area contributed by atoms with E-state index in [1.807, 2.05) is 4.90 Å². The van der Waals surface area contributed by atoms with E-state index in [9.17, 15) is 4.79 Å². The average molecular weight is 208 g/mol. The number of hydrogen-bond acceptors (Lipinski definition) is 2. The van der Waals surface area contributed by atoms with Crippen LogP contribution in [0.2, 0.25) is 0 Å². The summed E-state index contributed by atoms with van der Waals surface area (Å²) in [5.74, 6) is 0.665. The second-order valence-corrected chi connectivity index (χ2v) is 5.21. The topological polar surface area (TPSA) is 44.1 Å².